The number of hydrogen-bond donors (Lipinski definition) is 3. The first-order valence-corrected chi connectivity index (χ1v) is 18.8. The van der Waals surface area contributed by atoms with Crippen molar-refractivity contribution in [1.82, 2.24) is 10.2 Å². The second-order valence-corrected chi connectivity index (χ2v) is 14.1. The van der Waals surface area contributed by atoms with Gasteiger partial charge in [-0.25, -0.2) is 0 Å². The van der Waals surface area contributed by atoms with Crippen LogP contribution in [0.25, 0.3) is 0 Å². The molecule has 2 fully saturated rings. The molecule has 0 aliphatic carbocycles. The molecule has 5 aromatic rings. The van der Waals surface area contributed by atoms with Gasteiger partial charge in [0, 0.05) is 28.9 Å². The van der Waals surface area contributed by atoms with Gasteiger partial charge in [-0.05, 0) is 65.2 Å². The number of cyclic esters (lactones) is 1. The fourth-order valence-corrected chi connectivity index (χ4v) is 8.74. The number of nitrogens with one attached hydrogen (secondary N) is 2. The lowest BCUT2D eigenvalue weighted by Gasteiger charge is -2.46. The Morgan fingerprint density at radius 1 is 0.895 bits per heavy atom. The Labute approximate surface area is 331 Å². The van der Waals surface area contributed by atoms with Gasteiger partial charge < -0.3 is 30.0 Å². The van der Waals surface area contributed by atoms with E-state index in [0.717, 1.165) is 16.7 Å². The van der Waals surface area contributed by atoms with Crippen molar-refractivity contribution in [3.63, 3.8) is 0 Å². The number of nitrogens with zero attached hydrogens (tertiary/aromatic N) is 1. The highest BCUT2D eigenvalue weighted by Crippen LogP contribution is 2.65. The quantitative estimate of drug-likeness (QED) is 0.0895. The van der Waals surface area contributed by atoms with E-state index in [-0.39, 0.29) is 19.8 Å². The Bertz CT molecular complexity index is 2370. The third-order valence-corrected chi connectivity index (χ3v) is 11.0. The molecule has 2 amide bonds. The molecule has 6 unspecified atom stereocenters. The third-order valence-electron chi connectivity index (χ3n) is 11.0. The highest BCUT2D eigenvalue weighted by Gasteiger charge is 2.74. The van der Waals surface area contributed by atoms with E-state index < -0.39 is 53.3 Å². The van der Waals surface area contributed by atoms with Gasteiger partial charge in [0.25, 0.3) is 0 Å². The minimum Gasteiger partial charge on any atom is -0.497 e. The zero-order chi connectivity index (χ0) is 39.5. The van der Waals surface area contributed by atoms with Crippen molar-refractivity contribution in [3.05, 3.63) is 173 Å². The van der Waals surface area contributed by atoms with Gasteiger partial charge in [-0.15, -0.1) is 6.58 Å². The van der Waals surface area contributed by atoms with E-state index in [1.54, 1.807) is 25.3 Å². The van der Waals surface area contributed by atoms with E-state index in [4.69, 9.17) is 14.2 Å². The summed E-state index contributed by atoms with van der Waals surface area (Å²) in [5.74, 6) is 4.68. The number of esters is 1. The molecule has 3 heterocycles. The average molecular weight is 760 g/mol. The zero-order valence-electron chi connectivity index (χ0n) is 31.3. The SMILES string of the molecule is C=CCNC(=O)C1C2C(=O)OC(c3ccccc3)C(c3ccccc3)N2C(c2ccccc2OCCO)C12C(=O)Nc1ccc(C#Cc3ccc(OC)cc3)cc12. The lowest BCUT2D eigenvalue weighted by molar-refractivity contribution is -0.178. The molecule has 0 aromatic heterocycles. The Morgan fingerprint density at radius 2 is 1.56 bits per heavy atom. The topological polar surface area (TPSA) is 126 Å². The average Bonchev–Trinajstić information content (AvgIpc) is 3.73. The van der Waals surface area contributed by atoms with Crippen LogP contribution in [-0.2, 0) is 24.5 Å². The van der Waals surface area contributed by atoms with Crippen molar-refractivity contribution in [1.29, 1.82) is 0 Å². The van der Waals surface area contributed by atoms with E-state index in [9.17, 15) is 14.7 Å². The Hall–Kier alpha value is -6.67. The van der Waals surface area contributed by atoms with E-state index in [2.05, 4.69) is 29.1 Å². The number of aliphatic hydroxyl groups is 1. The Morgan fingerprint density at radius 3 is 2.26 bits per heavy atom. The number of anilines is 1. The van der Waals surface area contributed by atoms with Crippen LogP contribution in [0.1, 0.15) is 51.6 Å². The molecule has 6 atom stereocenters. The molecule has 1 spiro atoms. The van der Waals surface area contributed by atoms with Crippen LogP contribution in [0, 0.1) is 17.8 Å². The molecule has 10 nitrogen and oxygen atoms in total. The summed E-state index contributed by atoms with van der Waals surface area (Å²) in [5.41, 5.74) is 2.79. The van der Waals surface area contributed by atoms with E-state index in [1.165, 1.54) is 0 Å². The first-order valence-electron chi connectivity index (χ1n) is 18.8. The Kier molecular flexibility index (Phi) is 10.3. The zero-order valence-corrected chi connectivity index (χ0v) is 31.3. The molecule has 286 valence electrons. The summed E-state index contributed by atoms with van der Waals surface area (Å²) < 4.78 is 18.0. The predicted molar refractivity (Wildman–Crippen MR) is 214 cm³/mol. The van der Waals surface area contributed by atoms with Crippen molar-refractivity contribution >= 4 is 23.5 Å². The number of carbonyl (C=O) groups excluding carboxylic acids is 3. The first kappa shape index (κ1) is 37.3. The van der Waals surface area contributed by atoms with E-state index >= 15 is 4.79 Å². The van der Waals surface area contributed by atoms with Gasteiger partial charge in [-0.3, -0.25) is 19.3 Å². The normalized spacial score (nSPS) is 23.3. The van der Waals surface area contributed by atoms with Crippen molar-refractivity contribution in [2.75, 3.05) is 32.2 Å². The summed E-state index contributed by atoms with van der Waals surface area (Å²) in [6, 6.07) is 36.4. The number of fused-ring (bicyclic) bond motifs is 3. The molecule has 10 heteroatoms. The van der Waals surface area contributed by atoms with Crippen LogP contribution in [0.4, 0.5) is 5.69 Å². The standard InChI is InChI=1S/C47H41N3O7/c1-3-26-48-44(52)39-41-45(53)57-42(33-14-8-5-9-15-33)40(32-12-6-4-7-13-32)50(41)43(35-16-10-11-17-38(35)56-28-27-51)47(39)36-29-31(22-25-37(36)49-46(47)54)19-18-30-20-23-34(55-2)24-21-30/h3-17,20-25,29,39-43,51H,1,26-28H2,2H3,(H,48,52)(H,49,54). The monoisotopic (exact) mass is 759 g/mol. The van der Waals surface area contributed by atoms with Crippen LogP contribution >= 0.6 is 0 Å². The minimum absolute atomic E-state index is 0.0198. The molecule has 3 aliphatic heterocycles. The lowest BCUT2D eigenvalue weighted by Crippen LogP contribution is -2.54. The highest BCUT2D eigenvalue weighted by atomic mass is 16.6. The summed E-state index contributed by atoms with van der Waals surface area (Å²) in [6.45, 7) is 3.63. The summed E-state index contributed by atoms with van der Waals surface area (Å²) in [7, 11) is 1.60. The summed E-state index contributed by atoms with van der Waals surface area (Å²) >= 11 is 0. The fourth-order valence-electron chi connectivity index (χ4n) is 8.74. The number of morpholine rings is 1. The molecular formula is C47H41N3O7. The molecule has 8 rings (SSSR count). The molecule has 57 heavy (non-hydrogen) atoms. The third kappa shape index (κ3) is 6.51. The summed E-state index contributed by atoms with van der Waals surface area (Å²) in [5, 5.41) is 15.9. The summed E-state index contributed by atoms with van der Waals surface area (Å²) in [6.07, 6.45) is 0.739. The number of aliphatic hydroxyl groups excluding tert-OH is 1. The van der Waals surface area contributed by atoms with Crippen LogP contribution in [0.15, 0.2) is 140 Å². The summed E-state index contributed by atoms with van der Waals surface area (Å²) in [4.78, 5) is 47.2. The Balaban J connectivity index is 1.42. The van der Waals surface area contributed by atoms with Gasteiger partial charge in [0.15, 0.2) is 0 Å². The molecule has 0 radical (unpaired) electrons. The molecule has 0 saturated carbocycles. The maximum absolute atomic E-state index is 15.3. The fraction of sp³-hybridized carbons (Fsp3) is 0.213. The maximum Gasteiger partial charge on any atom is 0.324 e. The molecule has 2 saturated heterocycles. The van der Waals surface area contributed by atoms with Crippen LogP contribution in [-0.4, -0.2) is 60.7 Å². The van der Waals surface area contributed by atoms with Gasteiger partial charge in [-0.1, -0.05) is 96.8 Å². The molecule has 5 aromatic carbocycles. The number of methoxy groups -OCH3 is 1. The number of benzene rings is 5. The number of para-hydroxylation sites is 1. The predicted octanol–water partition coefficient (Wildman–Crippen LogP) is 6.04. The van der Waals surface area contributed by atoms with Crippen LogP contribution < -0.4 is 20.1 Å². The van der Waals surface area contributed by atoms with Gasteiger partial charge in [0.05, 0.1) is 31.7 Å². The van der Waals surface area contributed by atoms with Gasteiger partial charge in [-0.2, -0.15) is 0 Å². The van der Waals surface area contributed by atoms with Crippen molar-refractivity contribution in [2.45, 2.75) is 29.6 Å². The van der Waals surface area contributed by atoms with Crippen molar-refractivity contribution in [2.24, 2.45) is 5.92 Å². The van der Waals surface area contributed by atoms with Crippen LogP contribution in [0.3, 0.4) is 0 Å². The number of amides is 2. The number of rotatable bonds is 10. The molecule has 0 bridgehead atoms. The van der Waals surface area contributed by atoms with Gasteiger partial charge in [0.2, 0.25) is 11.8 Å². The number of ether oxygens (including phenoxy) is 3. The van der Waals surface area contributed by atoms with E-state index in [0.29, 0.717) is 33.9 Å². The van der Waals surface area contributed by atoms with Crippen molar-refractivity contribution < 1.29 is 33.7 Å². The van der Waals surface area contributed by atoms with Gasteiger partial charge >= 0.3 is 5.97 Å². The van der Waals surface area contributed by atoms with Crippen LogP contribution in [0.5, 0.6) is 11.5 Å². The van der Waals surface area contributed by atoms with Crippen LogP contribution in [0.2, 0.25) is 0 Å². The smallest absolute Gasteiger partial charge is 0.324 e. The second-order valence-electron chi connectivity index (χ2n) is 14.1. The van der Waals surface area contributed by atoms with Gasteiger partial charge in [0.1, 0.15) is 35.7 Å². The second kappa shape index (κ2) is 15.8. The lowest BCUT2D eigenvalue weighted by atomic mass is 9.65. The van der Waals surface area contributed by atoms with E-state index in [1.807, 2.05) is 120 Å². The maximum atomic E-state index is 15.3. The van der Waals surface area contributed by atoms with Crippen molar-refractivity contribution in [3.8, 4) is 23.3 Å². The first-order chi connectivity index (χ1) is 27.9. The largest absolute Gasteiger partial charge is 0.497 e. The molecule has 3 N–H and O–H groups in total. The molecule has 3 aliphatic rings. The minimum atomic E-state index is -1.72. The molecular weight excluding hydrogens is 719 g/mol. The number of hydrogen-bond acceptors (Lipinski definition) is 8. The highest BCUT2D eigenvalue weighted by molar-refractivity contribution is 6.12. The number of carbonyl (C=O) groups is 3.